The topological polar surface area (TPSA) is 62.2 Å². The van der Waals surface area contributed by atoms with E-state index in [9.17, 15) is 9.90 Å². The number of anilines is 1. The summed E-state index contributed by atoms with van der Waals surface area (Å²) in [5, 5.41) is 12.8. The number of benzene rings is 2. The third-order valence-electron chi connectivity index (χ3n) is 5.72. The molecular weight excluding hydrogens is 427 g/mol. The van der Waals surface area contributed by atoms with Crippen molar-refractivity contribution in [1.82, 2.24) is 4.98 Å². The molecule has 2 unspecified atom stereocenters. The van der Waals surface area contributed by atoms with Gasteiger partial charge in [0, 0.05) is 11.9 Å². The molecule has 0 saturated carbocycles. The molecule has 2 atom stereocenters. The summed E-state index contributed by atoms with van der Waals surface area (Å²) in [6, 6.07) is 16.9. The summed E-state index contributed by atoms with van der Waals surface area (Å²) in [5.74, 6) is -0.970. The van der Waals surface area contributed by atoms with Crippen LogP contribution in [-0.4, -0.2) is 21.7 Å². The van der Waals surface area contributed by atoms with Gasteiger partial charge in [-0.2, -0.15) is 0 Å². The molecule has 0 amide bonds. The summed E-state index contributed by atoms with van der Waals surface area (Å²) in [4.78, 5) is 15.6. The number of hydrogen-bond acceptors (Lipinski definition) is 3. The van der Waals surface area contributed by atoms with Gasteiger partial charge in [0.1, 0.15) is 0 Å². The zero-order valence-corrected chi connectivity index (χ0v) is 21.0. The second-order valence-electron chi connectivity index (χ2n) is 8.61. The summed E-state index contributed by atoms with van der Waals surface area (Å²) >= 11 is 0. The molecule has 0 radical (unpaired) electrons. The lowest BCUT2D eigenvalue weighted by atomic mass is 9.94. The molecule has 0 bridgehead atoms. The van der Waals surface area contributed by atoms with Crippen LogP contribution in [0, 0.1) is 6.92 Å². The van der Waals surface area contributed by atoms with E-state index < -0.39 is 5.97 Å². The fourth-order valence-corrected chi connectivity index (χ4v) is 4.43. The lowest BCUT2D eigenvalue weighted by Gasteiger charge is -2.16. The van der Waals surface area contributed by atoms with Crippen LogP contribution in [0.25, 0.3) is 16.7 Å². The van der Waals surface area contributed by atoms with Crippen LogP contribution in [-0.2, 0) is 6.42 Å². The molecule has 5 heteroatoms. The van der Waals surface area contributed by atoms with Crippen molar-refractivity contribution >= 4 is 26.5 Å². The number of allylic oxidation sites excluding steroid dienone is 2. The first kappa shape index (κ1) is 24.7. The maximum atomic E-state index is 11.6. The van der Waals surface area contributed by atoms with Crippen molar-refractivity contribution in [3.8, 4) is 11.1 Å². The van der Waals surface area contributed by atoms with E-state index in [1.165, 1.54) is 40.1 Å². The second-order valence-corrected chi connectivity index (χ2v) is 9.75. The first-order chi connectivity index (χ1) is 15.8. The van der Waals surface area contributed by atoms with Gasteiger partial charge in [0.15, 0.2) is 0 Å². The molecule has 4 nitrogen and oxygen atoms in total. The van der Waals surface area contributed by atoms with Crippen molar-refractivity contribution in [3.63, 3.8) is 0 Å². The molecule has 0 aliphatic rings. The van der Waals surface area contributed by atoms with Crippen LogP contribution >= 0.6 is 9.24 Å². The van der Waals surface area contributed by atoms with Gasteiger partial charge in [-0.1, -0.05) is 62.7 Å². The molecule has 3 rings (SSSR count). The maximum absolute atomic E-state index is 11.6. The number of aryl methyl sites for hydroxylation is 1. The monoisotopic (exact) mass is 460 g/mol. The summed E-state index contributed by atoms with van der Waals surface area (Å²) in [6.45, 7) is 8.52. The Morgan fingerprint density at radius 2 is 1.88 bits per heavy atom. The first-order valence-corrected chi connectivity index (χ1v) is 12.1. The number of rotatable bonds is 9. The van der Waals surface area contributed by atoms with Crippen LogP contribution in [0.3, 0.4) is 0 Å². The molecule has 33 heavy (non-hydrogen) atoms. The van der Waals surface area contributed by atoms with Crippen molar-refractivity contribution < 1.29 is 9.90 Å². The Labute approximate surface area is 199 Å². The van der Waals surface area contributed by atoms with E-state index in [4.69, 9.17) is 0 Å². The number of nitrogens with one attached hydrogen (secondary N) is 1. The third-order valence-corrected chi connectivity index (χ3v) is 5.95. The van der Waals surface area contributed by atoms with E-state index in [2.05, 4.69) is 82.8 Å². The highest BCUT2D eigenvalue weighted by Crippen LogP contribution is 2.30. The molecule has 0 spiro atoms. The Morgan fingerprint density at radius 1 is 1.15 bits per heavy atom. The highest BCUT2D eigenvalue weighted by Gasteiger charge is 2.13. The minimum atomic E-state index is -0.970. The van der Waals surface area contributed by atoms with Gasteiger partial charge in [0.2, 0.25) is 0 Å². The van der Waals surface area contributed by atoms with Crippen molar-refractivity contribution in [2.24, 2.45) is 0 Å². The van der Waals surface area contributed by atoms with Gasteiger partial charge in [-0.05, 0) is 71.8 Å². The van der Waals surface area contributed by atoms with E-state index in [1.807, 2.05) is 6.92 Å². The number of carbonyl (C=O) groups is 1. The molecule has 1 heterocycles. The van der Waals surface area contributed by atoms with Crippen molar-refractivity contribution in [2.45, 2.75) is 52.6 Å². The normalized spacial score (nSPS) is 12.8. The van der Waals surface area contributed by atoms with Crippen LogP contribution in [0.15, 0.2) is 66.6 Å². The van der Waals surface area contributed by atoms with Crippen molar-refractivity contribution in [1.29, 1.82) is 0 Å². The number of carboxylic acids is 1. The number of hydrogen-bond donors (Lipinski definition) is 2. The number of aromatic nitrogens is 1. The highest BCUT2D eigenvalue weighted by molar-refractivity contribution is 7.17. The third kappa shape index (κ3) is 6.30. The summed E-state index contributed by atoms with van der Waals surface area (Å²) in [5.41, 5.74) is 9.62. The van der Waals surface area contributed by atoms with Crippen molar-refractivity contribution in [3.05, 3.63) is 88.9 Å². The SMILES string of the molecule is CCC/C(=C(/C)Nc1cnccc1C(=O)O)c1ccc(-c2ccc(CC(C)P)cc2C)cc1. The van der Waals surface area contributed by atoms with Gasteiger partial charge >= 0.3 is 5.97 Å². The highest BCUT2D eigenvalue weighted by atomic mass is 31.0. The molecule has 172 valence electrons. The van der Waals surface area contributed by atoms with E-state index in [-0.39, 0.29) is 5.56 Å². The van der Waals surface area contributed by atoms with Crippen LogP contribution < -0.4 is 5.32 Å². The fraction of sp³-hybridized carbons (Fsp3) is 0.286. The molecule has 0 saturated heterocycles. The number of carboxylic acid groups (broad SMARTS) is 1. The van der Waals surface area contributed by atoms with Crippen LogP contribution in [0.4, 0.5) is 5.69 Å². The summed E-state index contributed by atoms with van der Waals surface area (Å²) in [7, 11) is 2.86. The molecule has 0 fully saturated rings. The number of aromatic carboxylic acids is 1. The van der Waals surface area contributed by atoms with E-state index >= 15 is 0 Å². The molecule has 2 N–H and O–H groups in total. The van der Waals surface area contributed by atoms with E-state index in [0.29, 0.717) is 11.3 Å². The lowest BCUT2D eigenvalue weighted by Crippen LogP contribution is -2.07. The van der Waals surface area contributed by atoms with Crippen LogP contribution in [0.5, 0.6) is 0 Å². The van der Waals surface area contributed by atoms with E-state index in [1.54, 1.807) is 6.20 Å². The Kier molecular flexibility index (Phi) is 8.41. The van der Waals surface area contributed by atoms with Crippen LogP contribution in [0.1, 0.15) is 60.7 Å². The van der Waals surface area contributed by atoms with Gasteiger partial charge < -0.3 is 10.4 Å². The number of nitrogens with zero attached hydrogens (tertiary/aromatic N) is 1. The van der Waals surface area contributed by atoms with Gasteiger partial charge in [0.05, 0.1) is 17.4 Å². The Balaban J connectivity index is 1.90. The van der Waals surface area contributed by atoms with Gasteiger partial charge in [-0.15, -0.1) is 9.24 Å². The average Bonchev–Trinajstić information content (AvgIpc) is 2.77. The molecule has 2 aromatic carbocycles. The predicted molar refractivity (Wildman–Crippen MR) is 142 cm³/mol. The van der Waals surface area contributed by atoms with Crippen LogP contribution in [0.2, 0.25) is 0 Å². The van der Waals surface area contributed by atoms with Gasteiger partial charge in [-0.25, -0.2) is 4.79 Å². The van der Waals surface area contributed by atoms with E-state index in [0.717, 1.165) is 30.5 Å². The predicted octanol–water partition coefficient (Wildman–Crippen LogP) is 7.20. The zero-order chi connectivity index (χ0) is 24.0. The standard InChI is InChI=1S/C28H33N2O2P/c1-5-6-25(20(4)30-27-17-29-14-13-26(27)28(31)32)23-10-8-22(9-11-23)24-12-7-21(15-18(24)2)16-19(3)33/h7-15,17,19,30H,5-6,16,33H2,1-4H3,(H,31,32)/b25-20+. The zero-order valence-electron chi connectivity index (χ0n) is 19.9. The first-order valence-electron chi connectivity index (χ1n) is 11.4. The Hall–Kier alpha value is -2.97. The average molecular weight is 461 g/mol. The minimum Gasteiger partial charge on any atom is -0.478 e. The summed E-state index contributed by atoms with van der Waals surface area (Å²) < 4.78 is 0. The lowest BCUT2D eigenvalue weighted by molar-refractivity contribution is 0.0698. The Bertz CT molecular complexity index is 1150. The minimum absolute atomic E-state index is 0.213. The van der Waals surface area contributed by atoms with Gasteiger partial charge in [0.25, 0.3) is 0 Å². The largest absolute Gasteiger partial charge is 0.478 e. The molecule has 0 aliphatic heterocycles. The molecule has 0 aliphatic carbocycles. The maximum Gasteiger partial charge on any atom is 0.337 e. The summed E-state index contributed by atoms with van der Waals surface area (Å²) in [6.07, 6.45) is 5.99. The molecule has 1 aromatic heterocycles. The molecular formula is C28H33N2O2P. The number of pyridine rings is 1. The molecule has 3 aromatic rings. The van der Waals surface area contributed by atoms with Gasteiger partial charge in [-0.3, -0.25) is 4.98 Å². The van der Waals surface area contributed by atoms with Crippen molar-refractivity contribution in [2.75, 3.05) is 5.32 Å². The quantitative estimate of drug-likeness (QED) is 0.331. The second kappa shape index (κ2) is 11.2. The fourth-order valence-electron chi connectivity index (χ4n) is 4.16. The smallest absolute Gasteiger partial charge is 0.337 e. The Morgan fingerprint density at radius 3 is 2.48 bits per heavy atom.